The summed E-state index contributed by atoms with van der Waals surface area (Å²) in [5.41, 5.74) is 5.69. The number of fused-ring (bicyclic) bond motifs is 4. The van der Waals surface area contributed by atoms with E-state index in [-0.39, 0.29) is 5.54 Å². The topological polar surface area (TPSA) is 86.7 Å². The molecular formula is C22H20N8. The van der Waals surface area contributed by atoms with Gasteiger partial charge >= 0.3 is 0 Å². The van der Waals surface area contributed by atoms with Crippen LogP contribution in [0.25, 0.3) is 16.8 Å². The van der Waals surface area contributed by atoms with Crippen LogP contribution in [0, 0.1) is 13.8 Å². The summed E-state index contributed by atoms with van der Waals surface area (Å²) in [6, 6.07) is 6.42. The molecule has 1 spiro atoms. The monoisotopic (exact) mass is 396 g/mol. The zero-order chi connectivity index (χ0) is 20.5. The number of rotatable bonds is 2. The smallest absolute Gasteiger partial charge is 0.165 e. The molecule has 0 atom stereocenters. The Morgan fingerprint density at radius 3 is 2.43 bits per heavy atom. The summed E-state index contributed by atoms with van der Waals surface area (Å²) in [4.78, 5) is 14.1. The zero-order valence-corrected chi connectivity index (χ0v) is 17.0. The van der Waals surface area contributed by atoms with Gasteiger partial charge in [0.2, 0.25) is 0 Å². The van der Waals surface area contributed by atoms with E-state index in [1.54, 1.807) is 0 Å². The lowest BCUT2D eigenvalue weighted by Gasteiger charge is -2.14. The van der Waals surface area contributed by atoms with Crippen molar-refractivity contribution in [2.75, 3.05) is 0 Å². The zero-order valence-electron chi connectivity index (χ0n) is 17.0. The molecule has 1 fully saturated rings. The van der Waals surface area contributed by atoms with Crippen molar-refractivity contribution in [2.24, 2.45) is 12.0 Å². The third-order valence-corrected chi connectivity index (χ3v) is 5.88. The maximum Gasteiger partial charge on any atom is 0.165 e. The summed E-state index contributed by atoms with van der Waals surface area (Å²) in [5, 5.41) is 13.2. The number of aliphatic imine (C=N–C) groups is 1. The van der Waals surface area contributed by atoms with Gasteiger partial charge in [-0.05, 0) is 44.4 Å². The molecular weight excluding hydrogens is 376 g/mol. The maximum absolute atomic E-state index is 5.25. The molecule has 0 radical (unpaired) electrons. The average molecular weight is 396 g/mol. The van der Waals surface area contributed by atoms with Gasteiger partial charge in [-0.2, -0.15) is 5.10 Å². The van der Waals surface area contributed by atoms with E-state index in [4.69, 9.17) is 4.99 Å². The first-order valence-electron chi connectivity index (χ1n) is 9.99. The van der Waals surface area contributed by atoms with Crippen LogP contribution in [-0.2, 0) is 12.6 Å². The van der Waals surface area contributed by atoms with Gasteiger partial charge in [0.1, 0.15) is 17.2 Å². The van der Waals surface area contributed by atoms with Crippen molar-refractivity contribution >= 4 is 5.71 Å². The molecule has 0 N–H and O–H groups in total. The summed E-state index contributed by atoms with van der Waals surface area (Å²) in [7, 11) is 1.92. The molecule has 6 rings (SSSR count). The Kier molecular flexibility index (Phi) is 3.39. The van der Waals surface area contributed by atoms with E-state index >= 15 is 0 Å². The molecule has 3 aromatic heterocycles. The van der Waals surface area contributed by atoms with Gasteiger partial charge < -0.3 is 0 Å². The molecule has 4 aromatic rings. The van der Waals surface area contributed by atoms with Crippen LogP contribution < -0.4 is 0 Å². The Morgan fingerprint density at radius 1 is 0.933 bits per heavy atom. The fourth-order valence-corrected chi connectivity index (χ4v) is 4.14. The highest BCUT2D eigenvalue weighted by molar-refractivity contribution is 6.15. The molecule has 1 aliphatic carbocycles. The second-order valence-corrected chi connectivity index (χ2v) is 8.05. The summed E-state index contributed by atoms with van der Waals surface area (Å²) in [5.74, 6) is 2.52. The molecule has 30 heavy (non-hydrogen) atoms. The Morgan fingerprint density at radius 2 is 1.73 bits per heavy atom. The van der Waals surface area contributed by atoms with Crippen LogP contribution >= 0.6 is 0 Å². The molecule has 1 saturated carbocycles. The molecule has 1 aliphatic heterocycles. The van der Waals surface area contributed by atoms with Gasteiger partial charge in [-0.3, -0.25) is 14.2 Å². The molecule has 0 unspecified atom stereocenters. The highest BCUT2D eigenvalue weighted by Gasteiger charge is 2.51. The molecule has 8 nitrogen and oxygen atoms in total. The van der Waals surface area contributed by atoms with Crippen molar-refractivity contribution in [2.45, 2.75) is 32.2 Å². The minimum absolute atomic E-state index is 0.324. The number of hydrogen-bond acceptors (Lipinski definition) is 6. The van der Waals surface area contributed by atoms with Crippen molar-refractivity contribution in [3.05, 3.63) is 71.6 Å². The van der Waals surface area contributed by atoms with Gasteiger partial charge in [-0.1, -0.05) is 6.07 Å². The number of nitrogens with zero attached hydrogens (tertiary/aromatic N) is 8. The van der Waals surface area contributed by atoms with Crippen LogP contribution in [0.4, 0.5) is 0 Å². The largest absolute Gasteiger partial charge is 0.280 e. The summed E-state index contributed by atoms with van der Waals surface area (Å²) < 4.78 is 3.96. The highest BCUT2D eigenvalue weighted by atomic mass is 15.3. The van der Waals surface area contributed by atoms with Gasteiger partial charge in [-0.25, -0.2) is 9.97 Å². The third-order valence-electron chi connectivity index (χ3n) is 5.88. The lowest BCUT2D eigenvalue weighted by molar-refractivity contribution is 0.659. The van der Waals surface area contributed by atoms with Gasteiger partial charge in [0.15, 0.2) is 5.82 Å². The SMILES string of the molecule is Cc1ncc(C2=NC3(CC3)c3nnc(C)n3-c3ccc(-c4cnn(C)c4)cc32)cn1. The van der Waals surface area contributed by atoms with E-state index in [0.717, 1.165) is 64.0 Å². The minimum atomic E-state index is -0.324. The van der Waals surface area contributed by atoms with Crippen LogP contribution in [0.5, 0.6) is 0 Å². The fraction of sp³-hybridized carbons (Fsp3) is 0.273. The molecule has 1 aromatic carbocycles. The predicted octanol–water partition coefficient (Wildman–Crippen LogP) is 2.91. The molecule has 4 heterocycles. The van der Waals surface area contributed by atoms with Crippen LogP contribution in [0.1, 0.15) is 41.4 Å². The van der Waals surface area contributed by atoms with Crippen molar-refractivity contribution < 1.29 is 0 Å². The van der Waals surface area contributed by atoms with Crippen LogP contribution in [0.2, 0.25) is 0 Å². The summed E-state index contributed by atoms with van der Waals surface area (Å²) in [6.07, 6.45) is 9.54. The predicted molar refractivity (Wildman–Crippen MR) is 112 cm³/mol. The third kappa shape index (κ3) is 2.46. The number of benzene rings is 1. The first-order chi connectivity index (χ1) is 14.5. The summed E-state index contributed by atoms with van der Waals surface area (Å²) in [6.45, 7) is 3.88. The van der Waals surface area contributed by atoms with Crippen LogP contribution in [0.15, 0.2) is 48.0 Å². The minimum Gasteiger partial charge on any atom is -0.280 e. The second-order valence-electron chi connectivity index (χ2n) is 8.05. The Labute approximate surface area is 173 Å². The first-order valence-corrected chi connectivity index (χ1v) is 9.99. The lowest BCUT2D eigenvalue weighted by atomic mass is 9.98. The molecule has 0 amide bonds. The Balaban J connectivity index is 1.65. The van der Waals surface area contributed by atoms with E-state index < -0.39 is 0 Å². The van der Waals surface area contributed by atoms with Gasteiger partial charge in [-0.15, -0.1) is 10.2 Å². The molecule has 0 saturated heterocycles. The van der Waals surface area contributed by atoms with E-state index in [0.29, 0.717) is 0 Å². The summed E-state index contributed by atoms with van der Waals surface area (Å²) >= 11 is 0. The van der Waals surface area contributed by atoms with Gasteiger partial charge in [0.05, 0.1) is 17.6 Å². The van der Waals surface area contributed by atoms with Crippen molar-refractivity contribution in [1.82, 2.24) is 34.5 Å². The Bertz CT molecular complexity index is 1320. The van der Waals surface area contributed by atoms with Gasteiger partial charge in [0.25, 0.3) is 0 Å². The standard InChI is InChI=1S/C22H20N8/c1-13-23-9-16(10-24-13)20-18-8-15(17-11-25-29(3)12-17)4-5-19(18)30-14(2)27-28-21(30)22(26-20)6-7-22/h4-5,8-12H,6-7H2,1-3H3. The van der Waals surface area contributed by atoms with Crippen molar-refractivity contribution in [1.29, 1.82) is 0 Å². The molecule has 2 aliphatic rings. The molecule has 148 valence electrons. The van der Waals surface area contributed by atoms with Gasteiger partial charge in [0, 0.05) is 42.3 Å². The normalized spacial score (nSPS) is 16.0. The van der Waals surface area contributed by atoms with Crippen molar-refractivity contribution in [3.8, 4) is 16.8 Å². The van der Waals surface area contributed by atoms with Crippen molar-refractivity contribution in [3.63, 3.8) is 0 Å². The average Bonchev–Trinajstić information content (AvgIpc) is 3.26. The molecule has 8 heteroatoms. The van der Waals surface area contributed by atoms with Crippen LogP contribution in [-0.4, -0.2) is 40.2 Å². The lowest BCUT2D eigenvalue weighted by Crippen LogP contribution is -2.11. The number of hydrogen-bond donors (Lipinski definition) is 0. The second kappa shape index (κ2) is 5.91. The fourth-order valence-electron chi connectivity index (χ4n) is 4.14. The number of aromatic nitrogens is 7. The van der Waals surface area contributed by atoms with E-state index in [1.165, 1.54) is 0 Å². The maximum atomic E-state index is 5.25. The number of aryl methyl sites for hydroxylation is 3. The van der Waals surface area contributed by atoms with E-state index in [2.05, 4.69) is 48.0 Å². The van der Waals surface area contributed by atoms with E-state index in [9.17, 15) is 0 Å². The van der Waals surface area contributed by atoms with E-state index in [1.807, 2.05) is 50.4 Å². The van der Waals surface area contributed by atoms with Crippen LogP contribution in [0.3, 0.4) is 0 Å². The molecule has 0 bridgehead atoms. The first kappa shape index (κ1) is 17.2. The Hall–Kier alpha value is -3.68. The highest BCUT2D eigenvalue weighted by Crippen LogP contribution is 2.51. The quantitative estimate of drug-likeness (QED) is 0.520.